The molecule has 7 nitrogen and oxygen atoms in total. The molecule has 1 aromatic heterocycles. The van der Waals surface area contributed by atoms with Gasteiger partial charge in [-0.15, -0.1) is 0 Å². The number of carbonyl (C=O) groups is 1. The Morgan fingerprint density at radius 2 is 2.06 bits per heavy atom. The van der Waals surface area contributed by atoms with Crippen molar-refractivity contribution in [3.63, 3.8) is 0 Å². The van der Waals surface area contributed by atoms with Crippen molar-refractivity contribution < 1.29 is 13.2 Å². The monoisotopic (exact) mass is 272 g/mol. The normalized spacial score (nSPS) is 24.9. The lowest BCUT2D eigenvalue weighted by molar-refractivity contribution is -0.122. The van der Waals surface area contributed by atoms with Crippen LogP contribution in [0.3, 0.4) is 0 Å². The second-order valence-corrected chi connectivity index (χ2v) is 6.17. The molecule has 1 heterocycles. The third-order valence-corrected chi connectivity index (χ3v) is 4.66. The predicted molar refractivity (Wildman–Crippen MR) is 63.8 cm³/mol. The van der Waals surface area contributed by atoms with Gasteiger partial charge >= 0.3 is 0 Å². The smallest absolute Gasteiger partial charge is 0.257 e. The van der Waals surface area contributed by atoms with E-state index in [0.717, 1.165) is 0 Å². The molecule has 0 radical (unpaired) electrons. The summed E-state index contributed by atoms with van der Waals surface area (Å²) < 4.78 is 26.4. The van der Waals surface area contributed by atoms with E-state index in [-0.39, 0.29) is 22.9 Å². The lowest BCUT2D eigenvalue weighted by Crippen LogP contribution is -2.39. The molecule has 0 bridgehead atoms. The van der Waals surface area contributed by atoms with Crippen LogP contribution in [0.25, 0.3) is 0 Å². The number of sulfonamides is 1. The van der Waals surface area contributed by atoms with Gasteiger partial charge < -0.3 is 10.7 Å². The van der Waals surface area contributed by atoms with Crippen molar-refractivity contribution in [1.29, 1.82) is 0 Å². The second-order valence-electron chi connectivity index (χ2n) is 4.49. The average molecular weight is 272 g/mol. The molecule has 18 heavy (non-hydrogen) atoms. The van der Waals surface area contributed by atoms with Crippen LogP contribution in [0.15, 0.2) is 17.6 Å². The Morgan fingerprint density at radius 3 is 2.56 bits per heavy atom. The Morgan fingerprint density at radius 1 is 1.39 bits per heavy atom. The van der Waals surface area contributed by atoms with Crippen molar-refractivity contribution in [2.75, 3.05) is 0 Å². The third kappa shape index (κ3) is 2.88. The average Bonchev–Trinajstić information content (AvgIpc) is 2.83. The van der Waals surface area contributed by atoms with E-state index in [9.17, 15) is 13.2 Å². The van der Waals surface area contributed by atoms with E-state index < -0.39 is 10.0 Å². The van der Waals surface area contributed by atoms with Crippen LogP contribution in [0, 0.1) is 5.92 Å². The number of hydrogen-bond donors (Lipinski definition) is 3. The molecule has 8 heteroatoms. The highest BCUT2D eigenvalue weighted by molar-refractivity contribution is 7.89. The number of amides is 1. The van der Waals surface area contributed by atoms with E-state index >= 15 is 0 Å². The number of carbonyl (C=O) groups excluding carboxylic acids is 1. The van der Waals surface area contributed by atoms with Crippen LogP contribution in [0.5, 0.6) is 0 Å². The zero-order chi connectivity index (χ0) is 13.2. The summed E-state index contributed by atoms with van der Waals surface area (Å²) in [5.74, 6) is -0.428. The highest BCUT2D eigenvalue weighted by Gasteiger charge is 2.28. The summed E-state index contributed by atoms with van der Waals surface area (Å²) in [6.07, 6.45) is 5.09. The molecule has 1 amide bonds. The summed E-state index contributed by atoms with van der Waals surface area (Å²) in [5, 5.41) is 0.0551. The van der Waals surface area contributed by atoms with Gasteiger partial charge in [0.25, 0.3) is 10.0 Å². The minimum atomic E-state index is -3.54. The zero-order valence-electron chi connectivity index (χ0n) is 9.80. The number of H-pyrrole nitrogens is 1. The van der Waals surface area contributed by atoms with E-state index in [0.29, 0.717) is 25.7 Å². The van der Waals surface area contributed by atoms with Crippen molar-refractivity contribution in [2.24, 2.45) is 11.7 Å². The van der Waals surface area contributed by atoms with E-state index in [1.54, 1.807) is 0 Å². The molecule has 1 aromatic rings. The Bertz CT molecular complexity index is 503. The topological polar surface area (TPSA) is 118 Å². The standard InChI is InChI=1S/C10H16N4O3S/c11-10(15)7-1-3-8(4-2-7)14-18(16,17)9-5-12-6-13-9/h5-8,14H,1-4H2,(H2,11,15)(H,12,13). The Balaban J connectivity index is 1.94. The molecular formula is C10H16N4O3S. The fourth-order valence-corrected chi connectivity index (χ4v) is 3.38. The fraction of sp³-hybridized carbons (Fsp3) is 0.600. The highest BCUT2D eigenvalue weighted by Crippen LogP contribution is 2.24. The molecular weight excluding hydrogens is 256 g/mol. The number of aromatic nitrogens is 2. The maximum atomic E-state index is 11.9. The second kappa shape index (κ2) is 5.07. The van der Waals surface area contributed by atoms with Gasteiger partial charge in [-0.2, -0.15) is 0 Å². The van der Waals surface area contributed by atoms with Gasteiger partial charge in [-0.1, -0.05) is 0 Å². The van der Waals surface area contributed by atoms with E-state index in [1.165, 1.54) is 12.5 Å². The largest absolute Gasteiger partial charge is 0.369 e. The van der Waals surface area contributed by atoms with E-state index in [2.05, 4.69) is 14.7 Å². The summed E-state index contributed by atoms with van der Waals surface area (Å²) in [4.78, 5) is 17.2. The molecule has 4 N–H and O–H groups in total. The molecule has 2 rings (SSSR count). The summed E-state index contributed by atoms with van der Waals surface area (Å²) in [6.45, 7) is 0. The van der Waals surface area contributed by atoms with Gasteiger partial charge in [0.05, 0.1) is 12.5 Å². The maximum absolute atomic E-state index is 11.9. The number of primary amides is 1. The van der Waals surface area contributed by atoms with Gasteiger partial charge in [0.15, 0.2) is 5.03 Å². The fourth-order valence-electron chi connectivity index (χ4n) is 2.17. The minimum absolute atomic E-state index is 0.0551. The summed E-state index contributed by atoms with van der Waals surface area (Å²) in [6, 6.07) is -0.145. The molecule has 1 aliphatic rings. The number of aromatic amines is 1. The number of nitrogens with one attached hydrogen (secondary N) is 2. The quantitative estimate of drug-likeness (QED) is 0.699. The maximum Gasteiger partial charge on any atom is 0.257 e. The van der Waals surface area contributed by atoms with Crippen molar-refractivity contribution in [3.05, 3.63) is 12.5 Å². The predicted octanol–water partition coefficient (Wildman–Crippen LogP) is -0.268. The van der Waals surface area contributed by atoms with E-state index in [1.807, 2.05) is 0 Å². The molecule has 1 fully saturated rings. The van der Waals surface area contributed by atoms with Crippen molar-refractivity contribution in [1.82, 2.24) is 14.7 Å². The Hall–Kier alpha value is -1.41. The zero-order valence-corrected chi connectivity index (χ0v) is 10.6. The number of imidazole rings is 1. The first-order valence-corrected chi connectivity index (χ1v) is 7.27. The first kappa shape index (κ1) is 13.0. The van der Waals surface area contributed by atoms with Gasteiger partial charge in [0.2, 0.25) is 5.91 Å². The van der Waals surface area contributed by atoms with Crippen LogP contribution in [-0.4, -0.2) is 30.3 Å². The van der Waals surface area contributed by atoms with Crippen LogP contribution >= 0.6 is 0 Å². The van der Waals surface area contributed by atoms with Crippen molar-refractivity contribution in [3.8, 4) is 0 Å². The van der Waals surface area contributed by atoms with Gasteiger partial charge in [0.1, 0.15) is 0 Å². The summed E-state index contributed by atoms with van der Waals surface area (Å²) in [5.41, 5.74) is 5.23. The first-order chi connectivity index (χ1) is 8.49. The Labute approximate surface area is 105 Å². The summed E-state index contributed by atoms with van der Waals surface area (Å²) in [7, 11) is -3.54. The molecule has 0 aliphatic heterocycles. The van der Waals surface area contributed by atoms with Crippen molar-refractivity contribution in [2.45, 2.75) is 36.8 Å². The third-order valence-electron chi connectivity index (χ3n) is 3.21. The molecule has 0 spiro atoms. The molecule has 0 aromatic carbocycles. The van der Waals surface area contributed by atoms with Gasteiger partial charge in [-0.25, -0.2) is 18.1 Å². The van der Waals surface area contributed by atoms with E-state index in [4.69, 9.17) is 5.73 Å². The first-order valence-electron chi connectivity index (χ1n) is 5.79. The van der Waals surface area contributed by atoms with Gasteiger partial charge in [-0.3, -0.25) is 4.79 Å². The van der Waals surface area contributed by atoms with Crippen LogP contribution in [-0.2, 0) is 14.8 Å². The number of nitrogens with two attached hydrogens (primary N) is 1. The number of rotatable bonds is 4. The van der Waals surface area contributed by atoms with Gasteiger partial charge in [0, 0.05) is 12.0 Å². The van der Waals surface area contributed by atoms with Crippen LogP contribution in [0.2, 0.25) is 0 Å². The SMILES string of the molecule is NC(=O)C1CCC(NS(=O)(=O)c2cnc[nH]2)CC1. The Kier molecular flexibility index (Phi) is 3.67. The number of hydrogen-bond acceptors (Lipinski definition) is 4. The highest BCUT2D eigenvalue weighted by atomic mass is 32.2. The lowest BCUT2D eigenvalue weighted by atomic mass is 9.86. The molecule has 0 saturated heterocycles. The summed E-state index contributed by atoms with van der Waals surface area (Å²) >= 11 is 0. The van der Waals surface area contributed by atoms with Crippen LogP contribution < -0.4 is 10.5 Å². The van der Waals surface area contributed by atoms with Gasteiger partial charge in [-0.05, 0) is 25.7 Å². The molecule has 0 atom stereocenters. The molecule has 0 unspecified atom stereocenters. The van der Waals surface area contributed by atoms with Crippen molar-refractivity contribution >= 4 is 15.9 Å². The molecule has 1 aliphatic carbocycles. The lowest BCUT2D eigenvalue weighted by Gasteiger charge is -2.26. The molecule has 1 saturated carbocycles. The van der Waals surface area contributed by atoms with Crippen LogP contribution in [0.1, 0.15) is 25.7 Å². The minimum Gasteiger partial charge on any atom is -0.369 e. The number of nitrogens with zero attached hydrogens (tertiary/aromatic N) is 1. The van der Waals surface area contributed by atoms with Crippen LogP contribution in [0.4, 0.5) is 0 Å². The molecule has 100 valence electrons.